The van der Waals surface area contributed by atoms with Crippen LogP contribution in [0.25, 0.3) is 90.5 Å². The molecule has 2 aliphatic heterocycles. The normalized spacial score (nSPS) is 11.7. The summed E-state index contributed by atoms with van der Waals surface area (Å²) < 4.78 is 0. The SMILES string of the molecule is [Cu+2].c1ccc2c(c1)-c1nc-2nc2[n-]c(nc3nc(nc4[n-]c(n1)c1nccnc41)-c1nccnc1-3)c1nccnc21. The fourth-order valence-corrected chi connectivity index (χ4v) is 4.75. The van der Waals surface area contributed by atoms with Crippen molar-refractivity contribution in [2.45, 2.75) is 0 Å². The van der Waals surface area contributed by atoms with Crippen LogP contribution in [0.15, 0.2) is 61.4 Å². The van der Waals surface area contributed by atoms with E-state index in [-0.39, 0.29) is 40.0 Å². The first-order chi connectivity index (χ1) is 19.8. The zero-order valence-electron chi connectivity index (χ0n) is 20.3. The van der Waals surface area contributed by atoms with Crippen LogP contribution in [0.3, 0.4) is 0 Å². The Kier molecular flexibility index (Phi) is 4.92. The van der Waals surface area contributed by atoms with Gasteiger partial charge in [0.05, 0.1) is 11.6 Å². The second-order valence-electron chi connectivity index (χ2n) is 8.79. The van der Waals surface area contributed by atoms with E-state index in [1.165, 1.54) is 0 Å². The van der Waals surface area contributed by atoms with E-state index in [9.17, 15) is 0 Å². The van der Waals surface area contributed by atoms with Crippen molar-refractivity contribution < 1.29 is 17.1 Å². The Labute approximate surface area is 238 Å². The van der Waals surface area contributed by atoms with Crippen LogP contribution in [0, 0.1) is 0 Å². The molecule has 0 saturated heterocycles. The maximum absolute atomic E-state index is 4.79. The van der Waals surface area contributed by atoms with Gasteiger partial charge in [-0.3, -0.25) is 29.9 Å². The van der Waals surface area contributed by atoms with Crippen LogP contribution in [0.5, 0.6) is 0 Å². The topological polar surface area (TPSA) is 183 Å². The van der Waals surface area contributed by atoms with Gasteiger partial charge in [-0.1, -0.05) is 24.3 Å². The van der Waals surface area contributed by atoms with Gasteiger partial charge in [-0.25, -0.2) is 9.97 Å². The zero-order valence-corrected chi connectivity index (χ0v) is 21.3. The van der Waals surface area contributed by atoms with E-state index in [4.69, 9.17) is 24.9 Å². The minimum Gasteiger partial charge on any atom is -0.354 e. The molecule has 15 heteroatoms. The average molecular weight is 582 g/mol. The molecular formula is C26H10CuN14. The Balaban J connectivity index is 0.00000256. The molecule has 41 heavy (non-hydrogen) atoms. The number of fused-ring (bicyclic) bond motifs is 20. The van der Waals surface area contributed by atoms with Crippen molar-refractivity contribution in [1.82, 2.24) is 69.8 Å². The van der Waals surface area contributed by atoms with E-state index in [2.05, 4.69) is 44.9 Å². The summed E-state index contributed by atoms with van der Waals surface area (Å²) in [6, 6.07) is 7.67. The largest absolute Gasteiger partial charge is 2.00 e. The molecule has 0 saturated carbocycles. The standard InChI is InChI=1S/C26H10N14.Cu/c1-2-4-12-11(3-1)19-33-20(12)35-22-14-16(30-8-6-28-14)24(37-22)39-26-18-17(31-9-10-32-18)25(40-26)38-23-15-13(21(34-19)36-23)27-5-7-29-15;/h1-10H;/q-2;+2. The molecular weight excluding hydrogens is 572 g/mol. The van der Waals surface area contributed by atoms with Gasteiger partial charge in [0, 0.05) is 70.9 Å². The second-order valence-corrected chi connectivity index (χ2v) is 8.79. The summed E-state index contributed by atoms with van der Waals surface area (Å²) in [6.07, 6.45) is 9.43. The van der Waals surface area contributed by atoms with Gasteiger partial charge in [-0.05, 0) is 0 Å². The molecule has 1 radical (unpaired) electrons. The van der Waals surface area contributed by atoms with E-state index in [1.54, 1.807) is 37.2 Å². The number of aromatic nitrogens is 14. The molecule has 8 bridgehead atoms. The van der Waals surface area contributed by atoms with Crippen molar-refractivity contribution in [3.05, 3.63) is 61.4 Å². The van der Waals surface area contributed by atoms with E-state index >= 15 is 0 Å². The Morgan fingerprint density at radius 3 is 1.15 bits per heavy atom. The van der Waals surface area contributed by atoms with Crippen molar-refractivity contribution in [3.63, 3.8) is 0 Å². The first-order valence-corrected chi connectivity index (χ1v) is 12.0. The van der Waals surface area contributed by atoms with Crippen LogP contribution in [0.2, 0.25) is 0 Å². The number of nitrogens with zero attached hydrogens (tertiary/aromatic N) is 14. The summed E-state index contributed by atoms with van der Waals surface area (Å²) in [7, 11) is 0. The third-order valence-electron chi connectivity index (χ3n) is 6.47. The fourth-order valence-electron chi connectivity index (χ4n) is 4.75. The molecule has 2 aliphatic rings. The molecule has 0 N–H and O–H groups in total. The molecule has 8 heterocycles. The summed E-state index contributed by atoms with van der Waals surface area (Å²) in [4.78, 5) is 64.6. The van der Waals surface area contributed by atoms with Crippen molar-refractivity contribution in [3.8, 4) is 45.8 Å². The zero-order chi connectivity index (χ0) is 26.2. The van der Waals surface area contributed by atoms with Gasteiger partial charge in [0.2, 0.25) is 0 Å². The summed E-state index contributed by atoms with van der Waals surface area (Å²) in [5.41, 5.74) is 5.58. The molecule has 1 aromatic carbocycles. The van der Waals surface area contributed by atoms with Gasteiger partial charge < -0.3 is 29.9 Å². The van der Waals surface area contributed by atoms with Crippen LogP contribution < -0.4 is 9.97 Å². The molecule has 0 spiro atoms. The third kappa shape index (κ3) is 3.43. The average Bonchev–Trinajstić information content (AvgIpc) is 3.73. The first-order valence-electron chi connectivity index (χ1n) is 12.0. The number of benzene rings is 1. The van der Waals surface area contributed by atoms with Crippen molar-refractivity contribution in [2.24, 2.45) is 0 Å². The van der Waals surface area contributed by atoms with Gasteiger partial charge in [0.1, 0.15) is 45.1 Å². The summed E-state index contributed by atoms with van der Waals surface area (Å²) >= 11 is 0. The Bertz CT molecular complexity index is 2040. The van der Waals surface area contributed by atoms with Gasteiger partial charge in [0.15, 0.2) is 0 Å². The van der Waals surface area contributed by atoms with Crippen molar-refractivity contribution in [1.29, 1.82) is 0 Å². The predicted octanol–water partition coefficient (Wildman–Crippen LogP) is 2.49. The first kappa shape index (κ1) is 23.2. The van der Waals surface area contributed by atoms with Crippen LogP contribution >= 0.6 is 0 Å². The van der Waals surface area contributed by atoms with E-state index < -0.39 is 0 Å². The second kappa shape index (κ2) is 8.67. The van der Waals surface area contributed by atoms with Crippen LogP contribution in [-0.4, -0.2) is 59.8 Å². The van der Waals surface area contributed by atoms with E-state index in [1.807, 2.05) is 24.3 Å². The minimum absolute atomic E-state index is 0. The molecule has 0 unspecified atom stereocenters. The van der Waals surface area contributed by atoms with E-state index in [0.29, 0.717) is 56.4 Å². The Morgan fingerprint density at radius 1 is 0.390 bits per heavy atom. The Hall–Kier alpha value is -5.66. The summed E-state index contributed by atoms with van der Waals surface area (Å²) in [5, 5.41) is 0. The van der Waals surface area contributed by atoms with Crippen LogP contribution in [0.4, 0.5) is 0 Å². The number of hydrogen-bond acceptors (Lipinski definition) is 12. The number of rotatable bonds is 0. The summed E-state index contributed by atoms with van der Waals surface area (Å²) in [6.45, 7) is 0. The Morgan fingerprint density at radius 2 is 0.732 bits per heavy atom. The molecule has 14 nitrogen and oxygen atoms in total. The molecule has 0 amide bonds. The molecule has 9 rings (SSSR count). The molecule has 0 aliphatic carbocycles. The van der Waals surface area contributed by atoms with Gasteiger partial charge in [0.25, 0.3) is 0 Å². The van der Waals surface area contributed by atoms with Crippen LogP contribution in [-0.2, 0) is 17.1 Å². The monoisotopic (exact) mass is 581 g/mol. The van der Waals surface area contributed by atoms with Crippen molar-refractivity contribution in [2.75, 3.05) is 0 Å². The molecule has 0 fully saturated rings. The van der Waals surface area contributed by atoms with E-state index in [0.717, 1.165) is 11.1 Å². The maximum Gasteiger partial charge on any atom is 2.00 e. The number of hydrogen-bond donors (Lipinski definition) is 0. The minimum atomic E-state index is 0. The fraction of sp³-hybridized carbons (Fsp3) is 0. The van der Waals surface area contributed by atoms with Gasteiger partial charge in [-0.2, -0.15) is 0 Å². The van der Waals surface area contributed by atoms with Crippen LogP contribution in [0.1, 0.15) is 0 Å². The molecule has 7 aromatic rings. The quantitative estimate of drug-likeness (QED) is 0.238. The third-order valence-corrected chi connectivity index (χ3v) is 6.47. The van der Waals surface area contributed by atoms with Crippen molar-refractivity contribution >= 4 is 44.7 Å². The smallest absolute Gasteiger partial charge is 0.354 e. The molecule has 0 atom stereocenters. The molecule has 6 aromatic heterocycles. The molecule has 195 valence electrons. The van der Waals surface area contributed by atoms with Gasteiger partial charge >= 0.3 is 17.1 Å². The van der Waals surface area contributed by atoms with Gasteiger partial charge in [-0.15, -0.1) is 0 Å². The maximum atomic E-state index is 4.79. The summed E-state index contributed by atoms with van der Waals surface area (Å²) in [5.74, 6) is 1.40. The predicted molar refractivity (Wildman–Crippen MR) is 141 cm³/mol.